The van der Waals surface area contributed by atoms with Crippen molar-refractivity contribution in [1.82, 2.24) is 20.0 Å². The summed E-state index contributed by atoms with van der Waals surface area (Å²) in [5.41, 5.74) is 2.17. The van der Waals surface area contributed by atoms with Gasteiger partial charge in [0.2, 0.25) is 0 Å². The topological polar surface area (TPSA) is 70.4 Å². The number of benzene rings is 1. The lowest BCUT2D eigenvalue weighted by Gasteiger charge is -2.45. The minimum Gasteiger partial charge on any atom is -0.478 e. The molecule has 2 aromatic rings. The van der Waals surface area contributed by atoms with Crippen molar-refractivity contribution in [2.75, 3.05) is 26.2 Å². The largest absolute Gasteiger partial charge is 0.478 e. The first-order chi connectivity index (χ1) is 12.2. The monoisotopic (exact) mass is 342 g/mol. The van der Waals surface area contributed by atoms with Gasteiger partial charge in [-0.1, -0.05) is 6.07 Å². The summed E-state index contributed by atoms with van der Waals surface area (Å²) >= 11 is 0. The van der Waals surface area contributed by atoms with Crippen molar-refractivity contribution in [2.45, 2.75) is 38.8 Å². The van der Waals surface area contributed by atoms with E-state index in [0.29, 0.717) is 11.6 Å². The number of aromatic nitrogens is 2. The van der Waals surface area contributed by atoms with E-state index in [0.717, 1.165) is 48.6 Å². The summed E-state index contributed by atoms with van der Waals surface area (Å²) in [6, 6.07) is 6.01. The fourth-order valence-corrected chi connectivity index (χ4v) is 4.47. The summed E-state index contributed by atoms with van der Waals surface area (Å²) in [6.45, 7) is 7.27. The molecule has 0 amide bonds. The molecule has 5 rings (SSSR count). The predicted octanol–water partition coefficient (Wildman–Crippen LogP) is 1.98. The Bertz CT molecular complexity index is 777. The highest BCUT2D eigenvalue weighted by Crippen LogP contribution is 2.28. The number of carboxylic acids is 1. The van der Waals surface area contributed by atoms with E-state index in [1.54, 1.807) is 12.1 Å². The van der Waals surface area contributed by atoms with Gasteiger partial charge < -0.3 is 15.3 Å². The Kier molecular flexibility index (Phi) is 4.48. The van der Waals surface area contributed by atoms with Crippen molar-refractivity contribution in [1.29, 1.82) is 0 Å². The van der Waals surface area contributed by atoms with Crippen LogP contribution < -0.4 is 5.32 Å². The fourth-order valence-electron chi connectivity index (χ4n) is 4.47. The molecule has 25 heavy (non-hydrogen) atoms. The molecule has 3 aliphatic heterocycles. The van der Waals surface area contributed by atoms with Crippen LogP contribution in [0.3, 0.4) is 0 Å². The third-order valence-corrected chi connectivity index (χ3v) is 5.80. The molecule has 3 aliphatic rings. The summed E-state index contributed by atoms with van der Waals surface area (Å²) in [7, 11) is 0. The number of hydrogen-bond acceptors (Lipinski definition) is 4. The molecule has 0 aliphatic carbocycles. The number of hydrogen-bond donors (Lipinski definition) is 2. The maximum Gasteiger partial charge on any atom is 0.336 e. The summed E-state index contributed by atoms with van der Waals surface area (Å²) < 4.78 is 1.91. The first-order valence-corrected chi connectivity index (χ1v) is 9.34. The molecule has 134 valence electrons. The Morgan fingerprint density at radius 2 is 2.16 bits per heavy atom. The van der Waals surface area contributed by atoms with E-state index in [9.17, 15) is 9.90 Å². The van der Waals surface area contributed by atoms with Crippen LogP contribution in [0, 0.1) is 5.92 Å². The van der Waals surface area contributed by atoms with E-state index in [4.69, 9.17) is 0 Å². The first kappa shape index (κ1) is 16.5. The van der Waals surface area contributed by atoms with Gasteiger partial charge in [-0.2, -0.15) is 5.10 Å². The number of aromatic carboxylic acids is 1. The number of carbonyl (C=O) groups is 1. The Hall–Kier alpha value is -1.92. The molecule has 2 N–H and O–H groups in total. The van der Waals surface area contributed by atoms with E-state index in [1.807, 2.05) is 17.7 Å². The van der Waals surface area contributed by atoms with Crippen molar-refractivity contribution in [3.8, 4) is 0 Å². The van der Waals surface area contributed by atoms with Crippen LogP contribution in [0.2, 0.25) is 0 Å². The molecule has 6 nitrogen and oxygen atoms in total. The lowest BCUT2D eigenvalue weighted by molar-refractivity contribution is 0.0699. The zero-order valence-corrected chi connectivity index (χ0v) is 14.7. The minimum atomic E-state index is -0.882. The molecule has 3 saturated heterocycles. The molecule has 4 heterocycles. The van der Waals surface area contributed by atoms with Gasteiger partial charge in [0.05, 0.1) is 16.8 Å². The zero-order chi connectivity index (χ0) is 17.4. The van der Waals surface area contributed by atoms with Gasteiger partial charge in [-0.3, -0.25) is 4.68 Å². The smallest absolute Gasteiger partial charge is 0.336 e. The quantitative estimate of drug-likeness (QED) is 0.840. The predicted molar refractivity (Wildman–Crippen MR) is 97.0 cm³/mol. The van der Waals surface area contributed by atoms with Crippen LogP contribution in [-0.4, -0.2) is 58.0 Å². The fraction of sp³-hybridized carbons (Fsp3) is 0.579. The van der Waals surface area contributed by atoms with Gasteiger partial charge in [0.25, 0.3) is 0 Å². The van der Waals surface area contributed by atoms with E-state index in [1.165, 1.54) is 25.9 Å². The summed E-state index contributed by atoms with van der Waals surface area (Å²) in [4.78, 5) is 14.2. The van der Waals surface area contributed by atoms with Gasteiger partial charge in [-0.05, 0) is 50.9 Å². The number of rotatable bonds is 6. The van der Waals surface area contributed by atoms with Crippen molar-refractivity contribution >= 4 is 16.9 Å². The van der Waals surface area contributed by atoms with Gasteiger partial charge in [0.15, 0.2) is 0 Å². The molecule has 0 radical (unpaired) electrons. The van der Waals surface area contributed by atoms with Crippen LogP contribution in [0.5, 0.6) is 0 Å². The standard InChI is InChI=1S/C19H26N4O2/c1-2-23-17-5-3-4-14(19(24)25)18(17)15(21-23)6-9-20-16-12-22-10-7-13(16)8-11-22/h3-5,13,16,20H,2,6-12H2,1H3,(H,24,25). The Morgan fingerprint density at radius 1 is 1.36 bits per heavy atom. The second-order valence-corrected chi connectivity index (χ2v) is 7.22. The molecule has 1 aromatic heterocycles. The highest BCUT2D eigenvalue weighted by molar-refractivity contribution is 6.03. The minimum absolute atomic E-state index is 0.357. The lowest BCUT2D eigenvalue weighted by atomic mass is 9.84. The van der Waals surface area contributed by atoms with Gasteiger partial charge in [-0.15, -0.1) is 0 Å². The number of fused-ring (bicyclic) bond motifs is 4. The molecule has 0 spiro atoms. The van der Waals surface area contributed by atoms with Gasteiger partial charge >= 0.3 is 5.97 Å². The molecule has 1 atom stereocenters. The molecule has 1 aromatic carbocycles. The number of nitrogens with one attached hydrogen (secondary N) is 1. The average Bonchev–Trinajstić information content (AvgIpc) is 3.01. The van der Waals surface area contributed by atoms with E-state index in [-0.39, 0.29) is 0 Å². The summed E-state index contributed by atoms with van der Waals surface area (Å²) in [6.07, 6.45) is 3.36. The third kappa shape index (κ3) is 3.04. The van der Waals surface area contributed by atoms with Crippen molar-refractivity contribution in [3.63, 3.8) is 0 Å². The highest BCUT2D eigenvalue weighted by Gasteiger charge is 2.33. The molecule has 0 saturated carbocycles. The molecule has 1 unspecified atom stereocenters. The van der Waals surface area contributed by atoms with Crippen LogP contribution in [0.25, 0.3) is 10.9 Å². The van der Waals surface area contributed by atoms with Crippen molar-refractivity contribution < 1.29 is 9.90 Å². The summed E-state index contributed by atoms with van der Waals surface area (Å²) in [5.74, 6) is -0.0858. The van der Waals surface area contributed by atoms with Gasteiger partial charge in [0.1, 0.15) is 0 Å². The van der Waals surface area contributed by atoms with Gasteiger partial charge in [-0.25, -0.2) is 4.79 Å². The van der Waals surface area contributed by atoms with E-state index < -0.39 is 5.97 Å². The van der Waals surface area contributed by atoms with Crippen LogP contribution in [-0.2, 0) is 13.0 Å². The van der Waals surface area contributed by atoms with E-state index in [2.05, 4.69) is 15.3 Å². The van der Waals surface area contributed by atoms with Gasteiger partial charge in [0, 0.05) is 37.5 Å². The molecular formula is C19H26N4O2. The zero-order valence-electron chi connectivity index (χ0n) is 14.7. The van der Waals surface area contributed by atoms with Crippen molar-refractivity contribution in [3.05, 3.63) is 29.5 Å². The highest BCUT2D eigenvalue weighted by atomic mass is 16.4. The maximum absolute atomic E-state index is 11.6. The second-order valence-electron chi connectivity index (χ2n) is 7.22. The van der Waals surface area contributed by atoms with E-state index >= 15 is 0 Å². The molecule has 3 fully saturated rings. The van der Waals surface area contributed by atoms with Crippen LogP contribution >= 0.6 is 0 Å². The molecule has 2 bridgehead atoms. The van der Waals surface area contributed by atoms with Crippen LogP contribution in [0.1, 0.15) is 35.8 Å². The second kappa shape index (κ2) is 6.77. The lowest BCUT2D eigenvalue weighted by Crippen LogP contribution is -2.56. The first-order valence-electron chi connectivity index (χ1n) is 9.34. The molecular weight excluding hydrogens is 316 g/mol. The SMILES string of the molecule is CCn1nc(CCNC2CN3CCC2CC3)c2c(C(=O)O)cccc21. The Labute approximate surface area is 147 Å². The normalized spacial score (nSPS) is 25.6. The number of piperidine rings is 3. The Morgan fingerprint density at radius 3 is 2.80 bits per heavy atom. The molecule has 6 heteroatoms. The van der Waals surface area contributed by atoms with Crippen LogP contribution in [0.4, 0.5) is 0 Å². The maximum atomic E-state index is 11.6. The number of aryl methyl sites for hydroxylation is 1. The third-order valence-electron chi connectivity index (χ3n) is 5.80. The number of carboxylic acid groups (broad SMARTS) is 1. The van der Waals surface area contributed by atoms with Crippen LogP contribution in [0.15, 0.2) is 18.2 Å². The number of nitrogens with zero attached hydrogens (tertiary/aromatic N) is 3. The summed E-state index contributed by atoms with van der Waals surface area (Å²) in [5, 5.41) is 18.7. The van der Waals surface area contributed by atoms with Crippen molar-refractivity contribution in [2.24, 2.45) is 5.92 Å². The Balaban J connectivity index is 1.52. The average molecular weight is 342 g/mol.